The molecular formula is C28H31NS. The summed E-state index contributed by atoms with van der Waals surface area (Å²) < 4.78 is 0. The Labute approximate surface area is 184 Å². The smallest absolute Gasteiger partial charge is 0.0708 e. The van der Waals surface area contributed by atoms with Crippen LogP contribution in [0.4, 0.5) is 0 Å². The van der Waals surface area contributed by atoms with Gasteiger partial charge in [0.1, 0.15) is 0 Å². The molecule has 0 saturated carbocycles. The van der Waals surface area contributed by atoms with Crippen LogP contribution in [0.2, 0.25) is 0 Å². The minimum atomic E-state index is 0.0723. The lowest BCUT2D eigenvalue weighted by Gasteiger charge is -2.22. The topological polar surface area (TPSA) is 12.9 Å². The highest BCUT2D eigenvalue weighted by Crippen LogP contribution is 2.36. The summed E-state index contributed by atoms with van der Waals surface area (Å²) in [7, 11) is 0. The maximum atomic E-state index is 4.74. The second kappa shape index (κ2) is 7.67. The Balaban J connectivity index is 1.77. The lowest BCUT2D eigenvalue weighted by molar-refractivity contribution is 0.414. The minimum absolute atomic E-state index is 0.0723. The van der Waals surface area contributed by atoms with E-state index in [1.807, 2.05) is 17.5 Å². The Bertz CT molecular complexity index is 1190. The Morgan fingerprint density at radius 2 is 1.57 bits per heavy atom. The summed E-state index contributed by atoms with van der Waals surface area (Å²) in [6.07, 6.45) is 3.05. The number of fused-ring (bicyclic) bond motifs is 1. The van der Waals surface area contributed by atoms with Gasteiger partial charge in [-0.15, -0.1) is 11.3 Å². The van der Waals surface area contributed by atoms with Crippen LogP contribution in [0.15, 0.2) is 66.9 Å². The fraction of sp³-hybridized carbons (Fsp3) is 0.321. The zero-order chi connectivity index (χ0) is 21.5. The summed E-state index contributed by atoms with van der Waals surface area (Å²) >= 11 is 1.90. The van der Waals surface area contributed by atoms with Crippen LogP contribution in [0.5, 0.6) is 0 Å². The lowest BCUT2D eigenvalue weighted by atomic mass is 9.82. The molecule has 0 aliphatic carbocycles. The van der Waals surface area contributed by atoms with E-state index in [1.165, 1.54) is 37.2 Å². The molecule has 0 N–H and O–H groups in total. The normalized spacial score (nSPS) is 12.5. The molecule has 154 valence electrons. The number of thiophene rings is 1. The molecule has 2 heteroatoms. The summed E-state index contributed by atoms with van der Waals surface area (Å²) in [5, 5.41) is 2.60. The Morgan fingerprint density at radius 3 is 2.30 bits per heavy atom. The van der Waals surface area contributed by atoms with Crippen LogP contribution in [0.3, 0.4) is 0 Å². The van der Waals surface area contributed by atoms with Gasteiger partial charge in [0.05, 0.1) is 5.69 Å². The first kappa shape index (κ1) is 20.8. The van der Waals surface area contributed by atoms with Crippen molar-refractivity contribution in [2.75, 3.05) is 0 Å². The van der Waals surface area contributed by atoms with E-state index in [9.17, 15) is 0 Å². The van der Waals surface area contributed by atoms with Crippen LogP contribution in [-0.2, 0) is 11.8 Å². The van der Waals surface area contributed by atoms with E-state index in [0.29, 0.717) is 5.41 Å². The summed E-state index contributed by atoms with van der Waals surface area (Å²) in [6, 6.07) is 22.2. The van der Waals surface area contributed by atoms with E-state index in [-0.39, 0.29) is 5.41 Å². The zero-order valence-electron chi connectivity index (χ0n) is 18.9. The molecule has 4 aromatic rings. The van der Waals surface area contributed by atoms with Gasteiger partial charge in [-0.25, -0.2) is 0 Å². The molecule has 2 heterocycles. The van der Waals surface area contributed by atoms with Crippen molar-refractivity contribution in [2.24, 2.45) is 5.41 Å². The molecule has 2 aromatic carbocycles. The summed E-state index contributed by atoms with van der Waals surface area (Å²) in [4.78, 5) is 7.49. The Morgan fingerprint density at radius 1 is 0.800 bits per heavy atom. The van der Waals surface area contributed by atoms with Crippen molar-refractivity contribution in [1.29, 1.82) is 0 Å². The maximum absolute atomic E-state index is 4.74. The molecule has 0 radical (unpaired) electrons. The fourth-order valence-electron chi connectivity index (χ4n) is 3.97. The number of hydrogen-bond acceptors (Lipinski definition) is 2. The van der Waals surface area contributed by atoms with Crippen LogP contribution in [-0.4, -0.2) is 4.98 Å². The van der Waals surface area contributed by atoms with Gasteiger partial charge in [0.2, 0.25) is 0 Å². The molecule has 0 aliphatic heterocycles. The monoisotopic (exact) mass is 413 g/mol. The standard InChI is InChI=1S/C28H31NS/c1-27(2,3)18-22-11-12-26(30-22)20-13-14-29-25(17-20)21-15-19-9-7-8-10-23(19)24(16-21)28(4,5)6/h7-17H,18H2,1-6H3. The fourth-order valence-corrected chi connectivity index (χ4v) is 5.28. The van der Waals surface area contributed by atoms with Crippen molar-refractivity contribution in [1.82, 2.24) is 4.98 Å². The summed E-state index contributed by atoms with van der Waals surface area (Å²) in [5.41, 5.74) is 5.21. The molecule has 0 amide bonds. The van der Waals surface area contributed by atoms with Crippen molar-refractivity contribution in [3.8, 4) is 21.7 Å². The third-order valence-electron chi connectivity index (χ3n) is 5.38. The largest absolute Gasteiger partial charge is 0.256 e. The maximum Gasteiger partial charge on any atom is 0.0708 e. The van der Waals surface area contributed by atoms with Crippen LogP contribution < -0.4 is 0 Å². The van der Waals surface area contributed by atoms with E-state index < -0.39 is 0 Å². The number of hydrogen-bond donors (Lipinski definition) is 0. The van der Waals surface area contributed by atoms with Crippen LogP contribution >= 0.6 is 11.3 Å². The quantitative estimate of drug-likeness (QED) is 0.328. The van der Waals surface area contributed by atoms with Gasteiger partial charge < -0.3 is 0 Å². The highest BCUT2D eigenvalue weighted by molar-refractivity contribution is 7.15. The van der Waals surface area contributed by atoms with Crippen molar-refractivity contribution in [3.05, 3.63) is 77.3 Å². The molecule has 0 atom stereocenters. The van der Waals surface area contributed by atoms with Crippen molar-refractivity contribution < 1.29 is 0 Å². The zero-order valence-corrected chi connectivity index (χ0v) is 19.7. The molecule has 30 heavy (non-hydrogen) atoms. The SMILES string of the molecule is CC(C)(C)Cc1ccc(-c2ccnc(-c3cc(C(C)(C)C)c4ccccc4c3)c2)s1. The second-order valence-corrected chi connectivity index (χ2v) is 11.6. The van der Waals surface area contributed by atoms with Gasteiger partial charge in [-0.3, -0.25) is 4.98 Å². The molecule has 0 unspecified atom stereocenters. The average molecular weight is 414 g/mol. The molecule has 1 nitrogen and oxygen atoms in total. The molecule has 2 aromatic heterocycles. The van der Waals surface area contributed by atoms with E-state index >= 15 is 0 Å². The van der Waals surface area contributed by atoms with Crippen molar-refractivity contribution >= 4 is 22.1 Å². The summed E-state index contributed by atoms with van der Waals surface area (Å²) in [5.74, 6) is 0. The minimum Gasteiger partial charge on any atom is -0.256 e. The lowest BCUT2D eigenvalue weighted by Crippen LogP contribution is -2.12. The van der Waals surface area contributed by atoms with Crippen molar-refractivity contribution in [2.45, 2.75) is 53.4 Å². The van der Waals surface area contributed by atoms with Gasteiger partial charge >= 0.3 is 0 Å². The van der Waals surface area contributed by atoms with Crippen molar-refractivity contribution in [3.63, 3.8) is 0 Å². The van der Waals surface area contributed by atoms with Gasteiger partial charge in [0.15, 0.2) is 0 Å². The number of aromatic nitrogens is 1. The first-order valence-electron chi connectivity index (χ1n) is 10.7. The predicted octanol–water partition coefficient (Wildman–Crippen LogP) is 8.52. The molecule has 0 bridgehead atoms. The first-order chi connectivity index (χ1) is 14.1. The van der Waals surface area contributed by atoms with Gasteiger partial charge in [-0.1, -0.05) is 65.8 Å². The molecular weight excluding hydrogens is 382 g/mol. The predicted molar refractivity (Wildman–Crippen MR) is 132 cm³/mol. The average Bonchev–Trinajstić information content (AvgIpc) is 3.13. The van der Waals surface area contributed by atoms with Gasteiger partial charge in [0, 0.05) is 21.5 Å². The second-order valence-electron chi connectivity index (χ2n) is 10.4. The van der Waals surface area contributed by atoms with Gasteiger partial charge in [-0.2, -0.15) is 0 Å². The molecule has 0 saturated heterocycles. The number of pyridine rings is 1. The third-order valence-corrected chi connectivity index (χ3v) is 6.51. The molecule has 0 spiro atoms. The molecule has 0 aliphatic rings. The van der Waals surface area contributed by atoms with Gasteiger partial charge in [-0.05, 0) is 75.5 Å². The highest BCUT2D eigenvalue weighted by atomic mass is 32.1. The first-order valence-corrected chi connectivity index (χ1v) is 11.5. The van der Waals surface area contributed by atoms with E-state index in [0.717, 1.165) is 12.1 Å². The number of nitrogens with zero attached hydrogens (tertiary/aromatic N) is 1. The number of benzene rings is 2. The van der Waals surface area contributed by atoms with E-state index in [2.05, 4.69) is 102 Å². The molecule has 4 rings (SSSR count). The summed E-state index contributed by atoms with van der Waals surface area (Å²) in [6.45, 7) is 13.7. The third kappa shape index (κ3) is 4.49. The Kier molecular flexibility index (Phi) is 5.32. The van der Waals surface area contributed by atoms with Crippen LogP contribution in [0, 0.1) is 5.41 Å². The van der Waals surface area contributed by atoms with Gasteiger partial charge in [0.25, 0.3) is 0 Å². The van der Waals surface area contributed by atoms with E-state index in [1.54, 1.807) is 0 Å². The highest BCUT2D eigenvalue weighted by Gasteiger charge is 2.19. The molecule has 0 fully saturated rings. The van der Waals surface area contributed by atoms with E-state index in [4.69, 9.17) is 4.98 Å². The van der Waals surface area contributed by atoms with Crippen LogP contribution in [0.25, 0.3) is 32.5 Å². The van der Waals surface area contributed by atoms with Crippen LogP contribution in [0.1, 0.15) is 52.0 Å². The number of rotatable bonds is 3. The Hall–Kier alpha value is -2.45.